The summed E-state index contributed by atoms with van der Waals surface area (Å²) in [6.07, 6.45) is 0. The summed E-state index contributed by atoms with van der Waals surface area (Å²) in [5.41, 5.74) is 2.57. The fraction of sp³-hybridized carbons (Fsp3) is 0.0714. The molecule has 0 bridgehead atoms. The minimum Gasteiger partial charge on any atom is -0.507 e. The number of benzene rings is 5. The molecule has 150 valence electrons. The minimum absolute atomic E-state index is 0.179. The van der Waals surface area contributed by atoms with E-state index in [9.17, 15) is 10.2 Å². The summed E-state index contributed by atoms with van der Waals surface area (Å²) in [5.74, 6) is 1.56. The fourth-order valence-electron chi connectivity index (χ4n) is 5.16. The summed E-state index contributed by atoms with van der Waals surface area (Å²) >= 11 is 0. The second kappa shape index (κ2) is 6.26. The maximum Gasteiger partial charge on any atom is 0.136 e. The maximum absolute atomic E-state index is 10.7. The standard InChI is InChI=1S/C28H20O3/c1-28(17-9-3-2-4-10-17)26-20-13-7-5-11-18(20)22(29)15-24(26)31-25-16-23(30)19-12-6-8-14-21(19)27(25)28/h2-16,29-30H,1H3. The molecule has 0 unspecified atom stereocenters. The summed E-state index contributed by atoms with van der Waals surface area (Å²) in [7, 11) is 0. The number of rotatable bonds is 1. The minimum atomic E-state index is -0.565. The molecule has 1 aliphatic rings. The molecule has 0 atom stereocenters. The topological polar surface area (TPSA) is 49.7 Å². The molecule has 2 N–H and O–H groups in total. The van der Waals surface area contributed by atoms with Gasteiger partial charge in [-0.15, -0.1) is 0 Å². The number of ether oxygens (including phenoxy) is 1. The third kappa shape index (κ3) is 2.34. The third-order valence-corrected chi connectivity index (χ3v) is 6.54. The zero-order valence-electron chi connectivity index (χ0n) is 17.0. The molecule has 31 heavy (non-hydrogen) atoms. The van der Waals surface area contributed by atoms with Gasteiger partial charge in [0.05, 0.1) is 5.41 Å². The average Bonchev–Trinajstić information content (AvgIpc) is 2.79. The van der Waals surface area contributed by atoms with Crippen LogP contribution in [0.3, 0.4) is 0 Å². The van der Waals surface area contributed by atoms with Crippen LogP contribution in [0.5, 0.6) is 23.0 Å². The Morgan fingerprint density at radius 1 is 0.581 bits per heavy atom. The molecule has 0 aliphatic carbocycles. The number of aromatic hydroxyl groups is 2. The lowest BCUT2D eigenvalue weighted by molar-refractivity contribution is 0.417. The largest absolute Gasteiger partial charge is 0.507 e. The van der Waals surface area contributed by atoms with Crippen LogP contribution in [-0.4, -0.2) is 10.2 Å². The third-order valence-electron chi connectivity index (χ3n) is 6.54. The van der Waals surface area contributed by atoms with Gasteiger partial charge in [0.15, 0.2) is 0 Å². The smallest absolute Gasteiger partial charge is 0.136 e. The van der Waals surface area contributed by atoms with Crippen molar-refractivity contribution in [2.75, 3.05) is 0 Å². The van der Waals surface area contributed by atoms with Crippen LogP contribution in [0.4, 0.5) is 0 Å². The van der Waals surface area contributed by atoms with Crippen LogP contribution in [0.25, 0.3) is 21.5 Å². The normalized spacial score (nSPS) is 14.1. The Kier molecular flexibility index (Phi) is 3.60. The Hall–Kier alpha value is -3.98. The van der Waals surface area contributed by atoms with Crippen LogP contribution in [-0.2, 0) is 5.41 Å². The van der Waals surface area contributed by atoms with E-state index in [1.54, 1.807) is 12.1 Å². The van der Waals surface area contributed by atoms with Gasteiger partial charge in [-0.2, -0.15) is 0 Å². The van der Waals surface area contributed by atoms with Crippen molar-refractivity contribution in [3.63, 3.8) is 0 Å². The summed E-state index contributed by atoms with van der Waals surface area (Å²) in [4.78, 5) is 0. The van der Waals surface area contributed by atoms with Crippen molar-refractivity contribution in [1.82, 2.24) is 0 Å². The highest BCUT2D eigenvalue weighted by Gasteiger charge is 2.43. The fourth-order valence-corrected chi connectivity index (χ4v) is 5.16. The van der Waals surface area contributed by atoms with E-state index >= 15 is 0 Å². The first-order chi connectivity index (χ1) is 15.1. The van der Waals surface area contributed by atoms with Gasteiger partial charge in [-0.25, -0.2) is 0 Å². The molecule has 3 nitrogen and oxygen atoms in total. The number of hydrogen-bond acceptors (Lipinski definition) is 3. The van der Waals surface area contributed by atoms with Crippen LogP contribution >= 0.6 is 0 Å². The van der Waals surface area contributed by atoms with E-state index in [1.807, 2.05) is 66.7 Å². The van der Waals surface area contributed by atoms with E-state index in [2.05, 4.69) is 19.1 Å². The predicted molar refractivity (Wildman–Crippen MR) is 123 cm³/mol. The Bertz CT molecular complexity index is 1390. The first-order valence-corrected chi connectivity index (χ1v) is 10.3. The molecule has 0 saturated heterocycles. The molecule has 0 spiro atoms. The highest BCUT2D eigenvalue weighted by molar-refractivity contribution is 6.00. The van der Waals surface area contributed by atoms with Gasteiger partial charge in [-0.1, -0.05) is 78.9 Å². The first kappa shape index (κ1) is 17.8. The highest BCUT2D eigenvalue weighted by Crippen LogP contribution is 2.57. The molecule has 1 aliphatic heterocycles. The molecule has 5 aromatic rings. The van der Waals surface area contributed by atoms with Gasteiger partial charge in [-0.05, 0) is 23.3 Å². The first-order valence-electron chi connectivity index (χ1n) is 10.3. The lowest BCUT2D eigenvalue weighted by Crippen LogP contribution is -2.30. The number of phenolic OH excluding ortho intramolecular Hbond substituents is 2. The molecular weight excluding hydrogens is 384 g/mol. The van der Waals surface area contributed by atoms with Crippen LogP contribution in [0.1, 0.15) is 23.6 Å². The van der Waals surface area contributed by atoms with Gasteiger partial charge >= 0.3 is 0 Å². The van der Waals surface area contributed by atoms with Crippen LogP contribution in [0.15, 0.2) is 91.0 Å². The van der Waals surface area contributed by atoms with E-state index in [0.29, 0.717) is 11.5 Å². The van der Waals surface area contributed by atoms with E-state index in [-0.39, 0.29) is 11.5 Å². The summed E-state index contributed by atoms with van der Waals surface area (Å²) in [6.45, 7) is 2.20. The molecule has 0 saturated carbocycles. The van der Waals surface area contributed by atoms with Gasteiger partial charge in [0.25, 0.3) is 0 Å². The molecule has 0 radical (unpaired) electrons. The van der Waals surface area contributed by atoms with Crippen molar-refractivity contribution >= 4 is 21.5 Å². The van der Waals surface area contributed by atoms with Gasteiger partial charge in [0.2, 0.25) is 0 Å². The lowest BCUT2D eigenvalue weighted by atomic mass is 9.66. The van der Waals surface area contributed by atoms with E-state index in [0.717, 1.165) is 38.2 Å². The molecule has 1 heterocycles. The summed E-state index contributed by atoms with van der Waals surface area (Å²) in [6, 6.07) is 29.5. The molecule has 3 heteroatoms. The van der Waals surface area contributed by atoms with Crippen molar-refractivity contribution < 1.29 is 14.9 Å². The van der Waals surface area contributed by atoms with Crippen LogP contribution in [0, 0.1) is 0 Å². The van der Waals surface area contributed by atoms with Gasteiger partial charge in [-0.3, -0.25) is 0 Å². The van der Waals surface area contributed by atoms with E-state index < -0.39 is 5.41 Å². The lowest BCUT2D eigenvalue weighted by Gasteiger charge is -2.40. The average molecular weight is 404 g/mol. The number of fused-ring (bicyclic) bond motifs is 6. The molecule has 0 amide bonds. The number of hydrogen-bond donors (Lipinski definition) is 2. The van der Waals surface area contributed by atoms with E-state index in [4.69, 9.17) is 4.74 Å². The summed E-state index contributed by atoms with van der Waals surface area (Å²) < 4.78 is 6.35. The molecule has 0 fully saturated rings. The van der Waals surface area contributed by atoms with Crippen molar-refractivity contribution in [3.05, 3.63) is 108 Å². The molecule has 5 aromatic carbocycles. The maximum atomic E-state index is 10.7. The van der Waals surface area contributed by atoms with Crippen LogP contribution < -0.4 is 4.74 Å². The second-order valence-corrected chi connectivity index (χ2v) is 8.22. The van der Waals surface area contributed by atoms with Gasteiger partial charge in [0.1, 0.15) is 23.0 Å². The Morgan fingerprint density at radius 2 is 1.00 bits per heavy atom. The zero-order chi connectivity index (χ0) is 21.2. The van der Waals surface area contributed by atoms with Gasteiger partial charge < -0.3 is 14.9 Å². The number of phenols is 2. The molecule has 6 rings (SSSR count). The van der Waals surface area contributed by atoms with Crippen molar-refractivity contribution in [1.29, 1.82) is 0 Å². The monoisotopic (exact) mass is 404 g/mol. The zero-order valence-corrected chi connectivity index (χ0v) is 17.0. The second-order valence-electron chi connectivity index (χ2n) is 8.22. The predicted octanol–water partition coefficient (Wildman–Crippen LogP) is 6.86. The molecular formula is C28H20O3. The molecule has 0 aromatic heterocycles. The Labute approximate surface area is 179 Å². The highest BCUT2D eigenvalue weighted by atomic mass is 16.5. The Balaban J connectivity index is 1.84. The SMILES string of the molecule is CC1(c2ccccc2)c2c(cc(O)c3ccccc23)Oc2cc(O)c3ccccc3c21. The van der Waals surface area contributed by atoms with Crippen molar-refractivity contribution in [3.8, 4) is 23.0 Å². The summed E-state index contributed by atoms with van der Waals surface area (Å²) in [5, 5.41) is 24.9. The van der Waals surface area contributed by atoms with E-state index in [1.165, 1.54) is 0 Å². The van der Waals surface area contributed by atoms with Crippen molar-refractivity contribution in [2.45, 2.75) is 12.3 Å². The van der Waals surface area contributed by atoms with Crippen LogP contribution in [0.2, 0.25) is 0 Å². The quantitative estimate of drug-likeness (QED) is 0.321. The van der Waals surface area contributed by atoms with Gasteiger partial charge in [0, 0.05) is 34.0 Å². The Morgan fingerprint density at radius 3 is 1.48 bits per heavy atom. The van der Waals surface area contributed by atoms with Crippen molar-refractivity contribution in [2.24, 2.45) is 0 Å².